The number of benzene rings is 2. The molecule has 0 saturated heterocycles. The van der Waals surface area contributed by atoms with Crippen LogP contribution in [0.5, 0.6) is 5.75 Å². The van der Waals surface area contributed by atoms with Gasteiger partial charge in [0, 0.05) is 5.69 Å². The Labute approximate surface area is 179 Å². The molecular formula is C23H23N3O5. The zero-order valence-electron chi connectivity index (χ0n) is 17.3. The highest BCUT2D eigenvalue weighted by molar-refractivity contribution is 6.00. The SMILES string of the molecule is CCOc1ccc(NC(=O)CN2C(=O)NC(c3ccc(C)cc3)C3=C2COC3=O)cc1. The standard InChI is InChI=1S/C23H23N3O5/c1-3-30-17-10-8-16(9-11-17)24-19(27)12-26-18-13-31-22(28)20(18)21(25-23(26)29)15-6-4-14(2)5-7-15/h4-11,21H,3,12-13H2,1-2H3,(H,24,27)(H,25,29). The Balaban J connectivity index is 1.52. The van der Waals surface area contributed by atoms with E-state index in [0.29, 0.717) is 29.3 Å². The van der Waals surface area contributed by atoms with Crippen LogP contribution >= 0.6 is 0 Å². The third-order valence-electron chi connectivity index (χ3n) is 5.16. The molecule has 2 aliphatic heterocycles. The van der Waals surface area contributed by atoms with E-state index in [-0.39, 0.29) is 19.1 Å². The first-order chi connectivity index (χ1) is 15.0. The summed E-state index contributed by atoms with van der Waals surface area (Å²) in [5.74, 6) is -0.175. The van der Waals surface area contributed by atoms with Crippen LogP contribution in [-0.2, 0) is 14.3 Å². The Hall–Kier alpha value is -3.81. The molecule has 0 fully saturated rings. The largest absolute Gasteiger partial charge is 0.494 e. The molecule has 2 N–H and O–H groups in total. The van der Waals surface area contributed by atoms with Crippen LogP contribution in [0.1, 0.15) is 24.1 Å². The lowest BCUT2D eigenvalue weighted by Gasteiger charge is -2.32. The van der Waals surface area contributed by atoms with Crippen LogP contribution in [0.15, 0.2) is 59.8 Å². The predicted molar refractivity (Wildman–Crippen MR) is 113 cm³/mol. The summed E-state index contributed by atoms with van der Waals surface area (Å²) < 4.78 is 10.6. The summed E-state index contributed by atoms with van der Waals surface area (Å²) in [6, 6.07) is 13.4. The molecule has 4 rings (SSSR count). The van der Waals surface area contributed by atoms with Crippen LogP contribution in [0.2, 0.25) is 0 Å². The number of ether oxygens (including phenoxy) is 2. The van der Waals surface area contributed by atoms with Gasteiger partial charge in [-0.05, 0) is 43.7 Å². The molecule has 1 unspecified atom stereocenters. The molecular weight excluding hydrogens is 398 g/mol. The van der Waals surface area contributed by atoms with Crippen LogP contribution in [0.4, 0.5) is 10.5 Å². The summed E-state index contributed by atoms with van der Waals surface area (Å²) in [5, 5.41) is 5.58. The van der Waals surface area contributed by atoms with E-state index in [9.17, 15) is 14.4 Å². The van der Waals surface area contributed by atoms with Crippen LogP contribution in [0.3, 0.4) is 0 Å². The second-order valence-electron chi connectivity index (χ2n) is 7.32. The molecule has 0 spiro atoms. The zero-order chi connectivity index (χ0) is 22.0. The van der Waals surface area contributed by atoms with E-state index < -0.39 is 18.0 Å². The molecule has 0 aliphatic carbocycles. The van der Waals surface area contributed by atoms with Gasteiger partial charge < -0.3 is 20.1 Å². The Morgan fingerprint density at radius 2 is 1.87 bits per heavy atom. The molecule has 8 nitrogen and oxygen atoms in total. The molecule has 0 radical (unpaired) electrons. The molecule has 1 atom stereocenters. The van der Waals surface area contributed by atoms with Gasteiger partial charge in [-0.2, -0.15) is 0 Å². The summed E-state index contributed by atoms with van der Waals surface area (Å²) in [4.78, 5) is 39.1. The Morgan fingerprint density at radius 3 is 2.55 bits per heavy atom. The number of amides is 3. The summed E-state index contributed by atoms with van der Waals surface area (Å²) in [5.41, 5.74) is 3.21. The van der Waals surface area contributed by atoms with E-state index in [1.54, 1.807) is 24.3 Å². The average molecular weight is 421 g/mol. The second kappa shape index (κ2) is 8.51. The van der Waals surface area contributed by atoms with Crippen molar-refractivity contribution in [2.45, 2.75) is 19.9 Å². The van der Waals surface area contributed by atoms with Gasteiger partial charge in [0.15, 0.2) is 0 Å². The maximum absolute atomic E-state index is 12.8. The number of nitrogens with zero attached hydrogens (tertiary/aromatic N) is 1. The Morgan fingerprint density at radius 1 is 1.16 bits per heavy atom. The lowest BCUT2D eigenvalue weighted by Crippen LogP contribution is -2.49. The number of cyclic esters (lactones) is 1. The molecule has 2 aliphatic rings. The molecule has 3 amide bonds. The van der Waals surface area contributed by atoms with Crippen molar-refractivity contribution in [3.63, 3.8) is 0 Å². The van der Waals surface area contributed by atoms with Crippen molar-refractivity contribution in [2.24, 2.45) is 0 Å². The number of nitrogens with one attached hydrogen (secondary N) is 2. The van der Waals surface area contributed by atoms with Gasteiger partial charge in [0.1, 0.15) is 18.9 Å². The van der Waals surface area contributed by atoms with Gasteiger partial charge in [-0.3, -0.25) is 9.69 Å². The quantitative estimate of drug-likeness (QED) is 0.699. The molecule has 160 valence electrons. The van der Waals surface area contributed by atoms with Crippen molar-refractivity contribution < 1.29 is 23.9 Å². The fraction of sp³-hybridized carbons (Fsp3) is 0.261. The number of esters is 1. The Kier molecular flexibility index (Phi) is 5.62. The lowest BCUT2D eigenvalue weighted by atomic mass is 9.95. The van der Waals surface area contributed by atoms with Crippen LogP contribution in [0.25, 0.3) is 0 Å². The average Bonchev–Trinajstić information content (AvgIpc) is 3.14. The van der Waals surface area contributed by atoms with Crippen molar-refractivity contribution in [3.8, 4) is 5.75 Å². The number of rotatable bonds is 6. The first-order valence-electron chi connectivity index (χ1n) is 10.0. The van der Waals surface area contributed by atoms with E-state index in [1.165, 1.54) is 4.90 Å². The highest BCUT2D eigenvalue weighted by atomic mass is 16.5. The topological polar surface area (TPSA) is 97.0 Å². The minimum absolute atomic E-state index is 0.0414. The molecule has 0 bridgehead atoms. The van der Waals surface area contributed by atoms with Gasteiger partial charge in [-0.15, -0.1) is 0 Å². The fourth-order valence-corrected chi connectivity index (χ4v) is 3.63. The van der Waals surface area contributed by atoms with E-state index in [1.807, 2.05) is 38.1 Å². The van der Waals surface area contributed by atoms with Crippen molar-refractivity contribution >= 4 is 23.6 Å². The van der Waals surface area contributed by atoms with Crippen LogP contribution < -0.4 is 15.4 Å². The molecule has 2 aromatic carbocycles. The van der Waals surface area contributed by atoms with Gasteiger partial charge >= 0.3 is 12.0 Å². The highest BCUT2D eigenvalue weighted by Gasteiger charge is 2.42. The summed E-state index contributed by atoms with van der Waals surface area (Å²) in [7, 11) is 0. The van der Waals surface area contributed by atoms with Crippen molar-refractivity contribution in [1.29, 1.82) is 0 Å². The van der Waals surface area contributed by atoms with Crippen LogP contribution in [0, 0.1) is 6.92 Å². The number of carbonyl (C=O) groups excluding carboxylic acids is 3. The smallest absolute Gasteiger partial charge is 0.338 e. The first-order valence-corrected chi connectivity index (χ1v) is 10.0. The normalized spacial score (nSPS) is 17.7. The van der Waals surface area contributed by atoms with Gasteiger partial charge in [0.25, 0.3) is 0 Å². The highest BCUT2D eigenvalue weighted by Crippen LogP contribution is 2.35. The lowest BCUT2D eigenvalue weighted by molar-refractivity contribution is -0.136. The summed E-state index contributed by atoms with van der Waals surface area (Å²) >= 11 is 0. The first kappa shape index (κ1) is 20.5. The van der Waals surface area contributed by atoms with Gasteiger partial charge in [0.05, 0.1) is 23.9 Å². The Bertz CT molecular complexity index is 1040. The molecule has 0 saturated carbocycles. The predicted octanol–water partition coefficient (Wildman–Crippen LogP) is 2.91. The van der Waals surface area contributed by atoms with E-state index in [4.69, 9.17) is 9.47 Å². The molecule has 31 heavy (non-hydrogen) atoms. The number of carbonyl (C=O) groups is 3. The van der Waals surface area contributed by atoms with Crippen molar-refractivity contribution in [2.75, 3.05) is 25.1 Å². The molecule has 2 heterocycles. The van der Waals surface area contributed by atoms with E-state index >= 15 is 0 Å². The van der Waals surface area contributed by atoms with Crippen molar-refractivity contribution in [3.05, 3.63) is 70.9 Å². The molecule has 0 aromatic heterocycles. The monoisotopic (exact) mass is 421 g/mol. The number of hydrogen-bond acceptors (Lipinski definition) is 5. The van der Waals surface area contributed by atoms with Crippen LogP contribution in [-0.4, -0.2) is 42.6 Å². The van der Waals surface area contributed by atoms with Crippen molar-refractivity contribution in [1.82, 2.24) is 10.2 Å². The van der Waals surface area contributed by atoms with Gasteiger partial charge in [-0.1, -0.05) is 29.8 Å². The number of anilines is 1. The zero-order valence-corrected chi connectivity index (χ0v) is 17.3. The molecule has 2 aromatic rings. The molecule has 8 heteroatoms. The maximum Gasteiger partial charge on any atom is 0.338 e. The number of urea groups is 1. The van der Waals surface area contributed by atoms with Gasteiger partial charge in [-0.25, -0.2) is 9.59 Å². The number of aryl methyl sites for hydroxylation is 1. The second-order valence-corrected chi connectivity index (χ2v) is 7.32. The number of hydrogen-bond donors (Lipinski definition) is 2. The van der Waals surface area contributed by atoms with E-state index in [0.717, 1.165) is 11.1 Å². The minimum atomic E-state index is -0.608. The third-order valence-corrected chi connectivity index (χ3v) is 5.16. The summed E-state index contributed by atoms with van der Waals surface area (Å²) in [6.45, 7) is 4.12. The third kappa shape index (κ3) is 4.23. The van der Waals surface area contributed by atoms with E-state index in [2.05, 4.69) is 10.6 Å². The minimum Gasteiger partial charge on any atom is -0.494 e. The maximum atomic E-state index is 12.8. The summed E-state index contributed by atoms with van der Waals surface area (Å²) in [6.07, 6.45) is 0. The fourth-order valence-electron chi connectivity index (χ4n) is 3.63. The van der Waals surface area contributed by atoms with Gasteiger partial charge in [0.2, 0.25) is 5.91 Å².